The molecule has 2 nitrogen and oxygen atoms in total. The second-order valence-corrected chi connectivity index (χ2v) is 5.88. The van der Waals surface area contributed by atoms with Gasteiger partial charge in [-0.3, -0.25) is 0 Å². The largest absolute Gasteiger partial charge is 0.377 e. The summed E-state index contributed by atoms with van der Waals surface area (Å²) in [5, 5.41) is 3.41. The first-order chi connectivity index (χ1) is 6.83. The maximum atomic E-state index is 5.67. The molecule has 0 heterocycles. The molecule has 0 saturated heterocycles. The molecule has 92 valence electrons. The van der Waals surface area contributed by atoms with Crippen molar-refractivity contribution >= 4 is 0 Å². The van der Waals surface area contributed by atoms with Crippen molar-refractivity contribution in [1.29, 1.82) is 0 Å². The van der Waals surface area contributed by atoms with Crippen molar-refractivity contribution in [3.63, 3.8) is 0 Å². The second-order valence-electron chi connectivity index (χ2n) is 5.88. The lowest BCUT2D eigenvalue weighted by Gasteiger charge is -2.19. The molecular formula is C13H29NO. The predicted molar refractivity (Wildman–Crippen MR) is 67.2 cm³/mol. The molecule has 0 aromatic carbocycles. The Hall–Kier alpha value is -0.0800. The lowest BCUT2D eigenvalue weighted by molar-refractivity contribution is 0.0372. The molecule has 0 aromatic rings. The zero-order valence-corrected chi connectivity index (χ0v) is 11.4. The van der Waals surface area contributed by atoms with Crippen LogP contribution in [-0.2, 0) is 4.74 Å². The highest BCUT2D eigenvalue weighted by Gasteiger charge is 2.09. The minimum absolute atomic E-state index is 0.370. The van der Waals surface area contributed by atoms with Crippen LogP contribution in [0.4, 0.5) is 0 Å². The highest BCUT2D eigenvalue weighted by molar-refractivity contribution is 4.63. The SMILES string of the molecule is CC(C)C(C)OCCNCCC(C)(C)C. The summed E-state index contributed by atoms with van der Waals surface area (Å²) in [6.45, 7) is 16.2. The molecule has 0 radical (unpaired) electrons. The van der Waals surface area contributed by atoms with E-state index in [9.17, 15) is 0 Å². The first-order valence-corrected chi connectivity index (χ1v) is 6.15. The van der Waals surface area contributed by atoms with Gasteiger partial charge in [0.1, 0.15) is 0 Å². The Bertz CT molecular complexity index is 149. The molecule has 1 atom stereocenters. The average Bonchev–Trinajstić information content (AvgIpc) is 2.08. The van der Waals surface area contributed by atoms with Crippen molar-refractivity contribution in [1.82, 2.24) is 5.32 Å². The van der Waals surface area contributed by atoms with Crippen LogP contribution >= 0.6 is 0 Å². The van der Waals surface area contributed by atoms with Gasteiger partial charge in [0.05, 0.1) is 12.7 Å². The van der Waals surface area contributed by atoms with Crippen LogP contribution < -0.4 is 5.32 Å². The molecule has 0 fully saturated rings. The zero-order valence-electron chi connectivity index (χ0n) is 11.4. The van der Waals surface area contributed by atoms with Gasteiger partial charge in [-0.15, -0.1) is 0 Å². The number of rotatable bonds is 7. The molecule has 0 amide bonds. The van der Waals surface area contributed by atoms with Crippen molar-refractivity contribution in [3.05, 3.63) is 0 Å². The molecule has 15 heavy (non-hydrogen) atoms. The summed E-state index contributed by atoms with van der Waals surface area (Å²) in [7, 11) is 0. The van der Waals surface area contributed by atoms with E-state index < -0.39 is 0 Å². The van der Waals surface area contributed by atoms with Gasteiger partial charge in [-0.05, 0) is 31.2 Å². The van der Waals surface area contributed by atoms with E-state index in [0.29, 0.717) is 17.4 Å². The molecule has 0 aromatic heterocycles. The Kier molecular flexibility index (Phi) is 7.20. The minimum Gasteiger partial charge on any atom is -0.377 e. The Morgan fingerprint density at radius 2 is 1.67 bits per heavy atom. The van der Waals surface area contributed by atoms with Crippen LogP contribution in [0.1, 0.15) is 48.0 Å². The van der Waals surface area contributed by atoms with Gasteiger partial charge >= 0.3 is 0 Å². The molecule has 0 aliphatic heterocycles. The molecule has 0 saturated carbocycles. The lowest BCUT2D eigenvalue weighted by atomic mass is 9.92. The summed E-state index contributed by atoms with van der Waals surface area (Å²) in [4.78, 5) is 0. The van der Waals surface area contributed by atoms with Gasteiger partial charge in [0.25, 0.3) is 0 Å². The van der Waals surface area contributed by atoms with Gasteiger partial charge in [0.15, 0.2) is 0 Å². The van der Waals surface area contributed by atoms with Crippen LogP contribution in [0.25, 0.3) is 0 Å². The van der Waals surface area contributed by atoms with Crippen LogP contribution in [0.5, 0.6) is 0 Å². The van der Waals surface area contributed by atoms with Gasteiger partial charge in [-0.2, -0.15) is 0 Å². The van der Waals surface area contributed by atoms with E-state index in [1.54, 1.807) is 0 Å². The van der Waals surface area contributed by atoms with Crippen LogP contribution in [0.15, 0.2) is 0 Å². The van der Waals surface area contributed by atoms with Gasteiger partial charge in [-0.1, -0.05) is 34.6 Å². The Labute approximate surface area is 95.8 Å². The Balaban J connectivity index is 3.26. The van der Waals surface area contributed by atoms with Gasteiger partial charge in [-0.25, -0.2) is 0 Å². The Morgan fingerprint density at radius 1 is 1.07 bits per heavy atom. The van der Waals surface area contributed by atoms with E-state index in [-0.39, 0.29) is 0 Å². The number of ether oxygens (including phenoxy) is 1. The molecule has 0 bridgehead atoms. The third-order valence-corrected chi connectivity index (χ3v) is 2.65. The van der Waals surface area contributed by atoms with E-state index in [1.165, 1.54) is 6.42 Å². The molecular weight excluding hydrogens is 186 g/mol. The lowest BCUT2D eigenvalue weighted by Crippen LogP contribution is -2.26. The van der Waals surface area contributed by atoms with Crippen molar-refractivity contribution in [2.45, 2.75) is 54.1 Å². The average molecular weight is 215 g/mol. The first-order valence-electron chi connectivity index (χ1n) is 6.15. The van der Waals surface area contributed by atoms with E-state index in [1.807, 2.05) is 0 Å². The summed E-state index contributed by atoms with van der Waals surface area (Å²) in [5.74, 6) is 0.611. The summed E-state index contributed by atoms with van der Waals surface area (Å²) in [6.07, 6.45) is 1.58. The van der Waals surface area contributed by atoms with Crippen LogP contribution in [-0.4, -0.2) is 25.8 Å². The fraction of sp³-hybridized carbons (Fsp3) is 1.00. The van der Waals surface area contributed by atoms with E-state index in [4.69, 9.17) is 4.74 Å². The van der Waals surface area contributed by atoms with Crippen LogP contribution in [0.3, 0.4) is 0 Å². The van der Waals surface area contributed by atoms with Crippen molar-refractivity contribution in [2.24, 2.45) is 11.3 Å². The van der Waals surface area contributed by atoms with Gasteiger partial charge in [0, 0.05) is 6.54 Å². The first kappa shape index (κ1) is 14.9. The molecule has 0 rings (SSSR count). The summed E-state index contributed by atoms with van der Waals surface area (Å²) >= 11 is 0. The number of hydrogen-bond donors (Lipinski definition) is 1. The second kappa shape index (κ2) is 7.24. The molecule has 0 aliphatic carbocycles. The van der Waals surface area contributed by atoms with Crippen molar-refractivity contribution in [3.8, 4) is 0 Å². The Morgan fingerprint density at radius 3 is 2.13 bits per heavy atom. The van der Waals surface area contributed by atoms with Crippen LogP contribution in [0.2, 0.25) is 0 Å². The quantitative estimate of drug-likeness (QED) is 0.659. The zero-order chi connectivity index (χ0) is 11.9. The summed E-state index contributed by atoms with van der Waals surface area (Å²) < 4.78 is 5.67. The molecule has 0 aliphatic rings. The molecule has 0 spiro atoms. The maximum absolute atomic E-state index is 5.67. The highest BCUT2D eigenvalue weighted by Crippen LogP contribution is 2.16. The summed E-state index contributed by atoms with van der Waals surface area (Å²) in [5.41, 5.74) is 0.430. The van der Waals surface area contributed by atoms with Crippen LogP contribution in [0, 0.1) is 11.3 Å². The molecule has 1 unspecified atom stereocenters. The standard InChI is InChI=1S/C13H29NO/c1-11(2)12(3)15-10-9-14-8-7-13(4,5)6/h11-12,14H,7-10H2,1-6H3. The van der Waals surface area contributed by atoms with E-state index in [2.05, 4.69) is 46.9 Å². The minimum atomic E-state index is 0.370. The monoisotopic (exact) mass is 215 g/mol. The number of nitrogens with one attached hydrogen (secondary N) is 1. The van der Waals surface area contributed by atoms with E-state index >= 15 is 0 Å². The molecule has 1 N–H and O–H groups in total. The summed E-state index contributed by atoms with van der Waals surface area (Å²) in [6, 6.07) is 0. The predicted octanol–water partition coefficient (Wildman–Crippen LogP) is 3.07. The van der Waals surface area contributed by atoms with E-state index in [0.717, 1.165) is 19.7 Å². The van der Waals surface area contributed by atoms with Crippen molar-refractivity contribution < 1.29 is 4.74 Å². The van der Waals surface area contributed by atoms with Gasteiger partial charge < -0.3 is 10.1 Å². The fourth-order valence-corrected chi connectivity index (χ4v) is 1.10. The highest BCUT2D eigenvalue weighted by atomic mass is 16.5. The molecule has 2 heteroatoms. The number of hydrogen-bond acceptors (Lipinski definition) is 2. The third-order valence-electron chi connectivity index (χ3n) is 2.65. The maximum Gasteiger partial charge on any atom is 0.0594 e. The third kappa shape index (κ3) is 10.2. The topological polar surface area (TPSA) is 21.3 Å². The smallest absolute Gasteiger partial charge is 0.0594 e. The van der Waals surface area contributed by atoms with Crippen molar-refractivity contribution in [2.75, 3.05) is 19.7 Å². The fourth-order valence-electron chi connectivity index (χ4n) is 1.10. The van der Waals surface area contributed by atoms with Gasteiger partial charge in [0.2, 0.25) is 0 Å². The normalized spacial score (nSPS) is 14.6.